The van der Waals surface area contributed by atoms with Crippen LogP contribution in [0.4, 0.5) is 0 Å². The summed E-state index contributed by atoms with van der Waals surface area (Å²) in [6, 6.07) is 8.11. The van der Waals surface area contributed by atoms with Crippen molar-refractivity contribution in [3.8, 4) is 11.7 Å². The fraction of sp³-hybridized carbons (Fsp3) is 0.467. The second kappa shape index (κ2) is 4.46. The summed E-state index contributed by atoms with van der Waals surface area (Å²) >= 11 is 0. The van der Waals surface area contributed by atoms with Crippen molar-refractivity contribution in [2.75, 3.05) is 0 Å². The summed E-state index contributed by atoms with van der Waals surface area (Å²) < 4.78 is 11.6. The van der Waals surface area contributed by atoms with E-state index in [4.69, 9.17) is 9.31 Å². The Labute approximate surface area is 110 Å². The molecule has 1 aromatic rings. The quantitative estimate of drug-likeness (QED) is 0.514. The smallest absolute Gasteiger partial charge is 0.392 e. The van der Waals surface area contributed by atoms with Crippen molar-refractivity contribution in [1.82, 2.24) is 0 Å². The molecule has 0 radical (unpaired) electrons. The van der Waals surface area contributed by atoms with Crippen molar-refractivity contribution in [2.24, 2.45) is 0 Å². The molecule has 1 aliphatic heterocycles. The van der Waals surface area contributed by atoms with Crippen molar-refractivity contribution < 1.29 is 9.31 Å². The third kappa shape index (κ3) is 2.61. The number of aryl methyl sites for hydroxylation is 1. The molecule has 18 heavy (non-hydrogen) atoms. The van der Waals surface area contributed by atoms with E-state index in [0.717, 1.165) is 5.56 Å². The number of benzene rings is 1. The summed E-state index contributed by atoms with van der Waals surface area (Å²) in [7, 11) is -0.448. The van der Waals surface area contributed by atoms with Gasteiger partial charge in [0.25, 0.3) is 0 Å². The zero-order chi connectivity index (χ0) is 13.4. The van der Waals surface area contributed by atoms with Crippen molar-refractivity contribution in [3.05, 3.63) is 35.4 Å². The largest absolute Gasteiger partial charge is 0.551 e. The monoisotopic (exact) mass is 242 g/mol. The SMILES string of the molecule is Cc1ccc(C#CB2OC(C)(C)C(C)(C)O2)cc1. The molecule has 0 saturated carbocycles. The Hall–Kier alpha value is -1.24. The zero-order valence-corrected chi connectivity index (χ0v) is 11.7. The standard InChI is InChI=1S/C15H19BO2/c1-12-6-8-13(9-7-12)10-11-16-17-14(2,3)15(4,5)18-16/h6-9H,1-5H3. The molecule has 0 spiro atoms. The van der Waals surface area contributed by atoms with Gasteiger partial charge in [-0.3, -0.25) is 0 Å². The molecule has 0 N–H and O–H groups in total. The molecule has 1 saturated heterocycles. The lowest BCUT2D eigenvalue weighted by Gasteiger charge is -2.32. The molecule has 1 fully saturated rings. The lowest BCUT2D eigenvalue weighted by molar-refractivity contribution is 0.00578. The summed E-state index contributed by atoms with van der Waals surface area (Å²) in [5.74, 6) is 6.12. The highest BCUT2D eigenvalue weighted by Gasteiger charge is 2.50. The van der Waals surface area contributed by atoms with Crippen LogP contribution >= 0.6 is 0 Å². The van der Waals surface area contributed by atoms with Gasteiger partial charge in [0.15, 0.2) is 0 Å². The first kappa shape index (κ1) is 13.2. The predicted octanol–water partition coefficient (Wildman–Crippen LogP) is 2.98. The lowest BCUT2D eigenvalue weighted by atomic mass is 9.90. The van der Waals surface area contributed by atoms with Gasteiger partial charge in [-0.25, -0.2) is 0 Å². The molecular weight excluding hydrogens is 223 g/mol. The molecule has 0 aliphatic carbocycles. The van der Waals surface area contributed by atoms with Crippen LogP contribution in [0.15, 0.2) is 24.3 Å². The maximum atomic E-state index is 5.81. The fourth-order valence-electron chi connectivity index (χ4n) is 1.68. The second-order valence-corrected chi connectivity index (χ2v) is 5.72. The Morgan fingerprint density at radius 2 is 1.44 bits per heavy atom. The minimum atomic E-state index is -0.448. The molecular formula is C15H19BO2. The highest BCUT2D eigenvalue weighted by atomic mass is 16.7. The van der Waals surface area contributed by atoms with Crippen LogP contribution in [0, 0.1) is 18.7 Å². The Morgan fingerprint density at radius 3 is 1.94 bits per heavy atom. The third-order valence-corrected chi connectivity index (χ3v) is 3.64. The summed E-state index contributed by atoms with van der Waals surface area (Å²) in [5, 5.41) is 0. The van der Waals surface area contributed by atoms with E-state index in [1.165, 1.54) is 5.56 Å². The summed E-state index contributed by atoms with van der Waals surface area (Å²) in [4.78, 5) is 0. The van der Waals surface area contributed by atoms with Crippen molar-refractivity contribution in [2.45, 2.75) is 45.8 Å². The molecule has 2 nitrogen and oxygen atoms in total. The highest BCUT2D eigenvalue weighted by molar-refractivity contribution is 6.55. The van der Waals surface area contributed by atoms with E-state index in [-0.39, 0.29) is 11.2 Å². The van der Waals surface area contributed by atoms with Gasteiger partial charge in [-0.1, -0.05) is 29.4 Å². The van der Waals surface area contributed by atoms with Gasteiger partial charge >= 0.3 is 7.12 Å². The average molecular weight is 242 g/mol. The van der Waals surface area contributed by atoms with Crippen LogP contribution in [0.2, 0.25) is 0 Å². The Morgan fingerprint density at radius 1 is 0.944 bits per heavy atom. The fourth-order valence-corrected chi connectivity index (χ4v) is 1.68. The lowest BCUT2D eigenvalue weighted by Crippen LogP contribution is -2.41. The Bertz CT molecular complexity index is 475. The summed E-state index contributed by atoms with van der Waals surface area (Å²) in [6.07, 6.45) is 0. The zero-order valence-electron chi connectivity index (χ0n) is 11.7. The topological polar surface area (TPSA) is 18.5 Å². The molecule has 0 bridgehead atoms. The van der Waals surface area contributed by atoms with Crippen molar-refractivity contribution in [3.63, 3.8) is 0 Å². The molecule has 0 amide bonds. The Kier molecular flexibility index (Phi) is 3.27. The van der Waals surface area contributed by atoms with Crippen molar-refractivity contribution >= 4 is 7.12 Å². The second-order valence-electron chi connectivity index (χ2n) is 5.72. The number of hydrogen-bond donors (Lipinski definition) is 0. The van der Waals surface area contributed by atoms with E-state index in [9.17, 15) is 0 Å². The predicted molar refractivity (Wildman–Crippen MR) is 74.1 cm³/mol. The molecule has 0 unspecified atom stereocenters. The molecule has 1 aromatic carbocycles. The van der Waals surface area contributed by atoms with Gasteiger partial charge in [-0.05, 0) is 46.8 Å². The normalized spacial score (nSPS) is 20.4. The Balaban J connectivity index is 2.11. The number of hydrogen-bond acceptors (Lipinski definition) is 2. The minimum absolute atomic E-state index is 0.320. The van der Waals surface area contributed by atoms with E-state index < -0.39 is 7.12 Å². The van der Waals surface area contributed by atoms with Crippen LogP contribution in [0.1, 0.15) is 38.8 Å². The van der Waals surface area contributed by atoms with Crippen molar-refractivity contribution in [1.29, 1.82) is 0 Å². The van der Waals surface area contributed by atoms with E-state index in [1.807, 2.05) is 52.0 Å². The summed E-state index contributed by atoms with van der Waals surface area (Å²) in [6.45, 7) is 10.2. The average Bonchev–Trinajstić information content (AvgIpc) is 2.47. The minimum Gasteiger partial charge on any atom is -0.392 e. The van der Waals surface area contributed by atoms with Gasteiger partial charge in [0.2, 0.25) is 0 Å². The van der Waals surface area contributed by atoms with Gasteiger partial charge in [0, 0.05) is 5.56 Å². The first-order chi connectivity index (χ1) is 8.30. The maximum absolute atomic E-state index is 5.81. The molecule has 0 aromatic heterocycles. The van der Waals surface area contributed by atoms with Crippen LogP contribution < -0.4 is 0 Å². The third-order valence-electron chi connectivity index (χ3n) is 3.64. The van der Waals surface area contributed by atoms with Gasteiger partial charge in [-0.15, -0.1) is 0 Å². The van der Waals surface area contributed by atoms with Crippen LogP contribution in [-0.4, -0.2) is 18.3 Å². The highest BCUT2D eigenvalue weighted by Crippen LogP contribution is 2.36. The molecule has 3 heteroatoms. The first-order valence-corrected chi connectivity index (χ1v) is 6.24. The van der Waals surface area contributed by atoms with Crippen LogP contribution in [0.5, 0.6) is 0 Å². The maximum Gasteiger partial charge on any atom is 0.551 e. The van der Waals surface area contributed by atoms with Gasteiger partial charge < -0.3 is 9.31 Å². The van der Waals surface area contributed by atoms with E-state index in [0.29, 0.717) is 0 Å². The van der Waals surface area contributed by atoms with Gasteiger partial charge in [0.05, 0.1) is 11.2 Å². The van der Waals surface area contributed by atoms with Crippen LogP contribution in [0.25, 0.3) is 0 Å². The van der Waals surface area contributed by atoms with Gasteiger partial charge in [-0.2, -0.15) is 0 Å². The van der Waals surface area contributed by atoms with E-state index in [1.54, 1.807) is 0 Å². The first-order valence-electron chi connectivity index (χ1n) is 6.24. The molecule has 2 rings (SSSR count). The van der Waals surface area contributed by atoms with Crippen LogP contribution in [0.3, 0.4) is 0 Å². The van der Waals surface area contributed by atoms with Gasteiger partial charge in [0.1, 0.15) is 0 Å². The molecule has 1 heterocycles. The molecule has 0 atom stereocenters. The molecule has 1 aliphatic rings. The van der Waals surface area contributed by atoms with E-state index >= 15 is 0 Å². The summed E-state index contributed by atoms with van der Waals surface area (Å²) in [5.41, 5.74) is 1.57. The van der Waals surface area contributed by atoms with Crippen LogP contribution in [-0.2, 0) is 9.31 Å². The molecule has 94 valence electrons. The van der Waals surface area contributed by atoms with E-state index in [2.05, 4.69) is 18.7 Å². The number of rotatable bonds is 0.